The number of anilines is 1. The number of nitrogens with one attached hydrogen (secondary N) is 2. The molecule has 3 aliphatic heterocycles. The molecule has 3 heterocycles. The number of ether oxygens (including phenoxy) is 1. The molecule has 0 spiro atoms. The smallest absolute Gasteiger partial charge is 0.240 e. The summed E-state index contributed by atoms with van der Waals surface area (Å²) in [5.74, 6) is -0.985. The van der Waals surface area contributed by atoms with E-state index in [1.54, 1.807) is 12.1 Å². The van der Waals surface area contributed by atoms with E-state index >= 15 is 0 Å². The minimum atomic E-state index is -3.78. The van der Waals surface area contributed by atoms with Gasteiger partial charge in [-0.3, -0.25) is 14.7 Å². The van der Waals surface area contributed by atoms with E-state index in [1.165, 1.54) is 24.5 Å². The summed E-state index contributed by atoms with van der Waals surface area (Å²) in [6, 6.07) is 22.2. The highest BCUT2D eigenvalue weighted by Gasteiger charge is 2.37. The molecule has 0 aliphatic carbocycles. The Morgan fingerprint density at radius 2 is 1.79 bits per heavy atom. The highest BCUT2D eigenvalue weighted by atomic mass is 32.2. The standard InChI is InChI=1S/C30H32N4O4S/c35-30-28(26-18-25(12-13-27(26)32-30)39(36,37)33-24-14-17-38-20-24)29(22-6-2-1-3-7-22)31-23-10-8-21(9-11-23)19-34-15-4-5-16-34/h1-3,6-13,18,24,28,33H,4-5,14-17,19-20H2,(H,32,35). The number of fused-ring (bicyclic) bond motifs is 1. The molecular formula is C30H32N4O4S. The number of carbonyl (C=O) groups excluding carboxylic acids is 1. The van der Waals surface area contributed by atoms with Crippen molar-refractivity contribution in [1.82, 2.24) is 9.62 Å². The zero-order chi connectivity index (χ0) is 26.8. The number of likely N-dealkylation sites (tertiary alicyclic amines) is 1. The Morgan fingerprint density at radius 1 is 1.03 bits per heavy atom. The molecule has 2 saturated heterocycles. The van der Waals surface area contributed by atoms with Crippen molar-refractivity contribution in [3.63, 3.8) is 0 Å². The summed E-state index contributed by atoms with van der Waals surface area (Å²) < 4.78 is 34.4. The van der Waals surface area contributed by atoms with Crippen LogP contribution in [-0.2, 0) is 26.1 Å². The van der Waals surface area contributed by atoms with Gasteiger partial charge in [0, 0.05) is 24.9 Å². The molecule has 3 aromatic rings. The van der Waals surface area contributed by atoms with Crippen LogP contribution >= 0.6 is 0 Å². The second-order valence-corrected chi connectivity index (χ2v) is 12.1. The lowest BCUT2D eigenvalue weighted by Gasteiger charge is -2.16. The Labute approximate surface area is 229 Å². The largest absolute Gasteiger partial charge is 0.380 e. The number of amides is 1. The minimum Gasteiger partial charge on any atom is -0.380 e. The molecule has 0 radical (unpaired) electrons. The van der Waals surface area contributed by atoms with Gasteiger partial charge in [-0.15, -0.1) is 0 Å². The first kappa shape index (κ1) is 25.9. The molecule has 2 N–H and O–H groups in total. The Balaban J connectivity index is 1.35. The third-order valence-corrected chi connectivity index (χ3v) is 9.07. The molecule has 0 saturated carbocycles. The first-order chi connectivity index (χ1) is 19.0. The molecule has 8 nitrogen and oxygen atoms in total. The fourth-order valence-electron chi connectivity index (χ4n) is 5.51. The summed E-state index contributed by atoms with van der Waals surface area (Å²) in [6.45, 7) is 4.08. The van der Waals surface area contributed by atoms with Gasteiger partial charge in [0.1, 0.15) is 5.92 Å². The van der Waals surface area contributed by atoms with Crippen LogP contribution in [0.1, 0.15) is 41.9 Å². The van der Waals surface area contributed by atoms with Crippen LogP contribution in [0, 0.1) is 0 Å². The van der Waals surface area contributed by atoms with Gasteiger partial charge in [-0.2, -0.15) is 0 Å². The summed E-state index contributed by atoms with van der Waals surface area (Å²) in [4.78, 5) is 20.9. The van der Waals surface area contributed by atoms with E-state index in [-0.39, 0.29) is 16.8 Å². The Morgan fingerprint density at radius 3 is 2.51 bits per heavy atom. The number of sulfonamides is 1. The maximum Gasteiger partial charge on any atom is 0.240 e. The van der Waals surface area contributed by atoms with E-state index < -0.39 is 15.9 Å². The van der Waals surface area contributed by atoms with Gasteiger partial charge < -0.3 is 10.1 Å². The predicted octanol–water partition coefficient (Wildman–Crippen LogP) is 4.21. The zero-order valence-corrected chi connectivity index (χ0v) is 22.5. The average Bonchev–Trinajstić information content (AvgIpc) is 3.70. The normalized spacial score (nSPS) is 21.7. The number of carbonyl (C=O) groups is 1. The molecule has 3 aliphatic rings. The third kappa shape index (κ3) is 5.67. The maximum atomic E-state index is 13.3. The monoisotopic (exact) mass is 544 g/mol. The topological polar surface area (TPSA) is 100 Å². The molecule has 39 heavy (non-hydrogen) atoms. The quantitative estimate of drug-likeness (QED) is 0.414. The number of nitrogens with zero attached hydrogens (tertiary/aromatic N) is 2. The Bertz CT molecular complexity index is 1480. The molecule has 2 unspecified atom stereocenters. The molecule has 0 bridgehead atoms. The van der Waals surface area contributed by atoms with E-state index in [1.807, 2.05) is 42.5 Å². The van der Waals surface area contributed by atoms with Crippen LogP contribution in [0.5, 0.6) is 0 Å². The lowest BCUT2D eigenvalue weighted by Crippen LogP contribution is -2.35. The molecule has 3 aromatic carbocycles. The summed E-state index contributed by atoms with van der Waals surface area (Å²) in [5, 5.41) is 2.92. The van der Waals surface area contributed by atoms with Crippen LogP contribution in [-0.4, -0.2) is 57.3 Å². The Kier molecular flexibility index (Phi) is 7.31. The van der Waals surface area contributed by atoms with Gasteiger partial charge in [-0.05, 0) is 79.4 Å². The van der Waals surface area contributed by atoms with Gasteiger partial charge >= 0.3 is 0 Å². The van der Waals surface area contributed by atoms with Crippen LogP contribution in [0.15, 0.2) is 82.7 Å². The second-order valence-electron chi connectivity index (χ2n) is 10.4. The summed E-state index contributed by atoms with van der Waals surface area (Å²) >= 11 is 0. The summed E-state index contributed by atoms with van der Waals surface area (Å²) in [7, 11) is -3.78. The molecule has 9 heteroatoms. The highest BCUT2D eigenvalue weighted by molar-refractivity contribution is 7.89. The molecule has 202 valence electrons. The van der Waals surface area contributed by atoms with Crippen molar-refractivity contribution in [2.24, 2.45) is 4.99 Å². The molecule has 2 fully saturated rings. The molecule has 6 rings (SSSR count). The molecule has 0 aromatic heterocycles. The van der Waals surface area contributed by atoms with Gasteiger partial charge in [-0.25, -0.2) is 13.1 Å². The Hall–Kier alpha value is -3.37. The van der Waals surface area contributed by atoms with E-state index in [9.17, 15) is 13.2 Å². The second kappa shape index (κ2) is 11.0. The van der Waals surface area contributed by atoms with E-state index in [4.69, 9.17) is 9.73 Å². The molecule has 2 atom stereocenters. The van der Waals surface area contributed by atoms with Crippen molar-refractivity contribution in [2.75, 3.05) is 31.6 Å². The first-order valence-electron chi connectivity index (χ1n) is 13.5. The zero-order valence-electron chi connectivity index (χ0n) is 21.7. The lowest BCUT2D eigenvalue weighted by atomic mass is 9.90. The van der Waals surface area contributed by atoms with Gasteiger partial charge in [0.05, 0.1) is 22.9 Å². The van der Waals surface area contributed by atoms with Crippen LogP contribution in [0.2, 0.25) is 0 Å². The van der Waals surface area contributed by atoms with Crippen molar-refractivity contribution < 1.29 is 17.9 Å². The van der Waals surface area contributed by atoms with Crippen molar-refractivity contribution in [3.05, 3.63) is 89.5 Å². The van der Waals surface area contributed by atoms with E-state index in [2.05, 4.69) is 27.1 Å². The summed E-state index contributed by atoms with van der Waals surface area (Å²) in [6.07, 6.45) is 3.14. The fraction of sp³-hybridized carbons (Fsp3) is 0.333. The van der Waals surface area contributed by atoms with Gasteiger partial charge in [-0.1, -0.05) is 42.5 Å². The molecular weight excluding hydrogens is 512 g/mol. The van der Waals surface area contributed by atoms with Crippen LogP contribution < -0.4 is 10.0 Å². The number of rotatable bonds is 8. The van der Waals surface area contributed by atoms with Crippen molar-refractivity contribution in [1.29, 1.82) is 0 Å². The van der Waals surface area contributed by atoms with Crippen molar-refractivity contribution in [3.8, 4) is 0 Å². The summed E-state index contributed by atoms with van der Waals surface area (Å²) in [5.41, 5.74) is 4.55. The van der Waals surface area contributed by atoms with Crippen molar-refractivity contribution >= 4 is 33.0 Å². The number of hydrogen-bond donors (Lipinski definition) is 2. The first-order valence-corrected chi connectivity index (χ1v) is 14.9. The van der Waals surface area contributed by atoms with Crippen LogP contribution in [0.25, 0.3) is 0 Å². The lowest BCUT2D eigenvalue weighted by molar-refractivity contribution is -0.115. The van der Waals surface area contributed by atoms with E-state index in [0.29, 0.717) is 36.6 Å². The SMILES string of the molecule is O=C1Nc2ccc(S(=O)(=O)NC3CCOC3)cc2C1C(=Nc1ccc(CN2CCCC2)cc1)c1ccccc1. The van der Waals surface area contributed by atoms with Gasteiger partial charge in [0.25, 0.3) is 0 Å². The number of hydrogen-bond acceptors (Lipinski definition) is 6. The fourth-order valence-corrected chi connectivity index (χ4v) is 6.80. The number of aliphatic imine (C=N–C) groups is 1. The van der Waals surface area contributed by atoms with Crippen molar-refractivity contribution in [2.45, 2.75) is 42.7 Å². The highest BCUT2D eigenvalue weighted by Crippen LogP contribution is 2.38. The number of benzene rings is 3. The van der Waals surface area contributed by atoms with E-state index in [0.717, 1.165) is 30.9 Å². The minimum absolute atomic E-state index is 0.119. The third-order valence-electron chi connectivity index (χ3n) is 7.55. The molecule has 1 amide bonds. The maximum absolute atomic E-state index is 13.3. The average molecular weight is 545 g/mol. The van der Waals surface area contributed by atoms with Gasteiger partial charge in [0.15, 0.2) is 0 Å². The van der Waals surface area contributed by atoms with Crippen LogP contribution in [0.3, 0.4) is 0 Å². The van der Waals surface area contributed by atoms with Crippen LogP contribution in [0.4, 0.5) is 11.4 Å². The predicted molar refractivity (Wildman–Crippen MR) is 151 cm³/mol. The van der Waals surface area contributed by atoms with Gasteiger partial charge in [0.2, 0.25) is 15.9 Å².